The van der Waals surface area contributed by atoms with Gasteiger partial charge >= 0.3 is 0 Å². The van der Waals surface area contributed by atoms with Gasteiger partial charge in [0.1, 0.15) is 5.82 Å². The minimum absolute atomic E-state index is 0.0338. The third-order valence-electron chi connectivity index (χ3n) is 2.88. The molecule has 0 bridgehead atoms. The molecule has 1 heterocycles. The number of aromatic nitrogens is 2. The molecule has 1 aromatic heterocycles. The van der Waals surface area contributed by atoms with Crippen LogP contribution in [0.2, 0.25) is 0 Å². The highest BCUT2D eigenvalue weighted by molar-refractivity contribution is 7.89. The monoisotopic (exact) mass is 299 g/mol. The van der Waals surface area contributed by atoms with Crippen LogP contribution < -0.4 is 4.72 Å². The lowest BCUT2D eigenvalue weighted by Crippen LogP contribution is -2.24. The van der Waals surface area contributed by atoms with E-state index in [0.29, 0.717) is 5.56 Å². The van der Waals surface area contributed by atoms with Crippen LogP contribution in [0.15, 0.2) is 29.3 Å². The molecular weight excluding hydrogens is 285 g/mol. The molecule has 0 aliphatic carbocycles. The van der Waals surface area contributed by atoms with Gasteiger partial charge in [0.2, 0.25) is 10.0 Å². The summed E-state index contributed by atoms with van der Waals surface area (Å²) in [5, 5.41) is 15.6. The lowest BCUT2D eigenvalue weighted by Gasteiger charge is -2.10. The second-order valence-electron chi connectivity index (χ2n) is 4.25. The van der Waals surface area contributed by atoms with E-state index >= 15 is 0 Å². The summed E-state index contributed by atoms with van der Waals surface area (Å²) in [6.07, 6.45) is 1.51. The maximum atomic E-state index is 13.2. The van der Waals surface area contributed by atoms with Crippen molar-refractivity contribution in [2.75, 3.05) is 0 Å². The van der Waals surface area contributed by atoms with Crippen LogP contribution >= 0.6 is 0 Å². The molecule has 3 N–H and O–H groups in total. The molecule has 0 saturated carbocycles. The Hall–Kier alpha value is -1.77. The number of benzene rings is 1. The zero-order valence-corrected chi connectivity index (χ0v) is 11.5. The first-order valence-electron chi connectivity index (χ1n) is 5.82. The van der Waals surface area contributed by atoms with Crippen LogP contribution in [0.5, 0.6) is 0 Å². The van der Waals surface area contributed by atoms with Crippen molar-refractivity contribution in [2.24, 2.45) is 0 Å². The van der Waals surface area contributed by atoms with Gasteiger partial charge in [-0.2, -0.15) is 5.10 Å². The van der Waals surface area contributed by atoms with Crippen molar-refractivity contribution in [3.63, 3.8) is 0 Å². The van der Waals surface area contributed by atoms with Crippen LogP contribution in [-0.2, 0) is 23.2 Å². The van der Waals surface area contributed by atoms with E-state index in [0.717, 1.165) is 17.8 Å². The summed E-state index contributed by atoms with van der Waals surface area (Å²) in [6.45, 7) is 1.31. The van der Waals surface area contributed by atoms with E-state index < -0.39 is 22.4 Å². The van der Waals surface area contributed by atoms with Crippen molar-refractivity contribution in [3.05, 3.63) is 47.0 Å². The van der Waals surface area contributed by atoms with Gasteiger partial charge in [0.05, 0.1) is 17.7 Å². The van der Waals surface area contributed by atoms with E-state index in [9.17, 15) is 12.8 Å². The Kier molecular flexibility index (Phi) is 4.17. The number of H-pyrrole nitrogens is 1. The number of sulfonamides is 1. The largest absolute Gasteiger partial charge is 0.392 e. The Morgan fingerprint density at radius 3 is 2.75 bits per heavy atom. The molecule has 2 rings (SSSR count). The maximum absolute atomic E-state index is 13.2. The predicted octanol–water partition coefficient (Wildman–Crippen LogP) is 0.828. The molecule has 0 unspecified atom stereocenters. The van der Waals surface area contributed by atoms with Crippen LogP contribution in [0.3, 0.4) is 0 Å². The van der Waals surface area contributed by atoms with Crippen LogP contribution in [0.1, 0.15) is 16.8 Å². The highest BCUT2D eigenvalue weighted by atomic mass is 32.2. The number of aryl methyl sites for hydroxylation is 1. The minimum Gasteiger partial charge on any atom is -0.392 e. The quantitative estimate of drug-likeness (QED) is 0.762. The molecule has 0 atom stereocenters. The van der Waals surface area contributed by atoms with Gasteiger partial charge in [0.25, 0.3) is 0 Å². The van der Waals surface area contributed by atoms with Crippen molar-refractivity contribution in [3.8, 4) is 0 Å². The van der Waals surface area contributed by atoms with Crippen molar-refractivity contribution in [2.45, 2.75) is 25.0 Å². The molecule has 2 aromatic rings. The molecule has 20 heavy (non-hydrogen) atoms. The SMILES string of the molecule is Cc1[nH]ncc1CNS(=O)(=O)c1cc(F)ccc1CO. The Balaban J connectivity index is 2.26. The van der Waals surface area contributed by atoms with Crippen molar-refractivity contribution in [1.82, 2.24) is 14.9 Å². The molecule has 0 radical (unpaired) electrons. The molecule has 0 saturated heterocycles. The number of halogens is 1. The van der Waals surface area contributed by atoms with Crippen molar-refractivity contribution < 1.29 is 17.9 Å². The number of aliphatic hydroxyl groups excluding tert-OH is 1. The van der Waals surface area contributed by atoms with Gasteiger partial charge < -0.3 is 5.11 Å². The minimum atomic E-state index is -3.91. The van der Waals surface area contributed by atoms with Crippen molar-refractivity contribution in [1.29, 1.82) is 0 Å². The van der Waals surface area contributed by atoms with Gasteiger partial charge in [0.15, 0.2) is 0 Å². The average Bonchev–Trinajstić information content (AvgIpc) is 2.82. The smallest absolute Gasteiger partial charge is 0.241 e. The Bertz CT molecular complexity index is 712. The van der Waals surface area contributed by atoms with E-state index in [4.69, 9.17) is 5.11 Å². The zero-order valence-electron chi connectivity index (χ0n) is 10.7. The van der Waals surface area contributed by atoms with Crippen LogP contribution in [0.25, 0.3) is 0 Å². The number of aromatic amines is 1. The second kappa shape index (κ2) is 5.70. The molecule has 0 amide bonds. The molecule has 0 spiro atoms. The van der Waals surface area contributed by atoms with E-state index in [-0.39, 0.29) is 17.0 Å². The number of nitrogens with one attached hydrogen (secondary N) is 2. The van der Waals surface area contributed by atoms with Gasteiger partial charge in [0, 0.05) is 17.8 Å². The van der Waals surface area contributed by atoms with Crippen molar-refractivity contribution >= 4 is 10.0 Å². The normalized spacial score (nSPS) is 11.8. The van der Waals surface area contributed by atoms with Gasteiger partial charge in [-0.1, -0.05) is 6.07 Å². The maximum Gasteiger partial charge on any atom is 0.241 e. The van der Waals surface area contributed by atoms with E-state index in [1.54, 1.807) is 6.92 Å². The highest BCUT2D eigenvalue weighted by Gasteiger charge is 2.19. The first-order chi connectivity index (χ1) is 9.44. The molecule has 0 aliphatic rings. The van der Waals surface area contributed by atoms with Gasteiger partial charge in [-0.05, 0) is 24.6 Å². The van der Waals surface area contributed by atoms with Gasteiger partial charge in [-0.15, -0.1) is 0 Å². The summed E-state index contributed by atoms with van der Waals surface area (Å²) in [5.41, 5.74) is 1.58. The second-order valence-corrected chi connectivity index (χ2v) is 5.99. The Labute approximate surface area is 115 Å². The first-order valence-corrected chi connectivity index (χ1v) is 7.30. The Morgan fingerprint density at radius 2 is 2.15 bits per heavy atom. The number of rotatable bonds is 5. The van der Waals surface area contributed by atoms with E-state index in [2.05, 4.69) is 14.9 Å². The molecule has 8 heteroatoms. The summed E-state index contributed by atoms with van der Waals surface area (Å²) in [7, 11) is -3.91. The lowest BCUT2D eigenvalue weighted by atomic mass is 10.2. The number of hydrogen-bond donors (Lipinski definition) is 3. The summed E-state index contributed by atoms with van der Waals surface area (Å²) in [4.78, 5) is -0.263. The molecule has 1 aromatic carbocycles. The summed E-state index contributed by atoms with van der Waals surface area (Å²) < 4.78 is 39.9. The van der Waals surface area contributed by atoms with Crippen LogP contribution in [0.4, 0.5) is 4.39 Å². The first kappa shape index (κ1) is 14.6. The topological polar surface area (TPSA) is 95.1 Å². The van der Waals surface area contributed by atoms with Gasteiger partial charge in [-0.3, -0.25) is 5.10 Å². The van der Waals surface area contributed by atoms with Crippen LogP contribution in [0, 0.1) is 12.7 Å². The van der Waals surface area contributed by atoms with E-state index in [1.165, 1.54) is 12.3 Å². The molecule has 108 valence electrons. The zero-order chi connectivity index (χ0) is 14.8. The standard InChI is InChI=1S/C12H14FN3O3S/c1-8-10(5-14-16-8)6-15-20(18,19)12-4-11(13)3-2-9(12)7-17/h2-5,15,17H,6-7H2,1H3,(H,14,16). The molecule has 0 aliphatic heterocycles. The average molecular weight is 299 g/mol. The fourth-order valence-electron chi connectivity index (χ4n) is 1.71. The lowest BCUT2D eigenvalue weighted by molar-refractivity contribution is 0.278. The van der Waals surface area contributed by atoms with E-state index in [1.807, 2.05) is 0 Å². The third-order valence-corrected chi connectivity index (χ3v) is 4.36. The number of hydrogen-bond acceptors (Lipinski definition) is 4. The fourth-order valence-corrected chi connectivity index (χ4v) is 2.96. The summed E-state index contributed by atoms with van der Waals surface area (Å²) >= 11 is 0. The van der Waals surface area contributed by atoms with Crippen LogP contribution in [-0.4, -0.2) is 23.7 Å². The highest BCUT2D eigenvalue weighted by Crippen LogP contribution is 2.18. The molecule has 6 nitrogen and oxygen atoms in total. The Morgan fingerprint density at radius 1 is 1.40 bits per heavy atom. The van der Waals surface area contributed by atoms with Gasteiger partial charge in [-0.25, -0.2) is 17.5 Å². The molecule has 0 fully saturated rings. The third kappa shape index (κ3) is 3.03. The number of aliphatic hydroxyl groups is 1. The summed E-state index contributed by atoms with van der Waals surface area (Å²) in [5.74, 6) is -0.679. The molecular formula is C12H14FN3O3S. The predicted molar refractivity (Wildman–Crippen MR) is 69.7 cm³/mol. The summed E-state index contributed by atoms with van der Waals surface area (Å²) in [6, 6.07) is 3.23. The fraction of sp³-hybridized carbons (Fsp3) is 0.250. The number of nitrogens with zero attached hydrogens (tertiary/aromatic N) is 1.